The highest BCUT2D eigenvalue weighted by atomic mass is 35.5. The molecular weight excluding hydrogens is 405 g/mol. The number of nitrogens with one attached hydrogen (secondary N) is 2. The summed E-state index contributed by atoms with van der Waals surface area (Å²) in [6, 6.07) is 7.07. The molecule has 146 valence electrons. The summed E-state index contributed by atoms with van der Waals surface area (Å²) < 4.78 is 65.3. The van der Waals surface area contributed by atoms with Crippen LogP contribution in [0, 0.1) is 11.6 Å². The largest absolute Gasteiger partial charge is 0.394 e. The van der Waals surface area contributed by atoms with Gasteiger partial charge in [0.15, 0.2) is 0 Å². The summed E-state index contributed by atoms with van der Waals surface area (Å²) in [5.74, 6) is -2.28. The number of anilines is 1. The second-order valence-corrected chi connectivity index (χ2v) is 6.22. The Morgan fingerprint density at radius 1 is 1.14 bits per heavy atom. The van der Waals surface area contributed by atoms with Crippen LogP contribution < -0.4 is 5.32 Å². The molecule has 0 fully saturated rings. The van der Waals surface area contributed by atoms with E-state index in [0.717, 1.165) is 24.4 Å². The molecule has 10 heteroatoms. The van der Waals surface area contributed by atoms with Crippen molar-refractivity contribution >= 4 is 23.2 Å². The first kappa shape index (κ1) is 19.8. The maximum Gasteiger partial charge on any atom is 0.394 e. The van der Waals surface area contributed by atoms with Crippen molar-refractivity contribution in [2.24, 2.45) is 0 Å². The van der Waals surface area contributed by atoms with Gasteiger partial charge in [-0.2, -0.15) is 18.3 Å². The SMILES string of the molecule is O=C(Nc1ccc(F)cc1-c1ccc(Cl)c(F)c1)c1c[nH]nc1CC(F)(F)F. The first-order chi connectivity index (χ1) is 13.1. The van der Waals surface area contributed by atoms with Crippen molar-refractivity contribution in [3.63, 3.8) is 0 Å². The minimum absolute atomic E-state index is 0.0762. The molecule has 2 aromatic carbocycles. The Morgan fingerprint density at radius 3 is 2.57 bits per heavy atom. The zero-order valence-electron chi connectivity index (χ0n) is 13.9. The lowest BCUT2D eigenvalue weighted by molar-refractivity contribution is -0.127. The van der Waals surface area contributed by atoms with Crippen molar-refractivity contribution < 1.29 is 26.7 Å². The van der Waals surface area contributed by atoms with Gasteiger partial charge in [0.1, 0.15) is 11.6 Å². The summed E-state index contributed by atoms with van der Waals surface area (Å²) in [7, 11) is 0. The Balaban J connectivity index is 1.94. The molecule has 0 saturated heterocycles. The molecule has 0 spiro atoms. The Kier molecular flexibility index (Phi) is 5.37. The van der Waals surface area contributed by atoms with Gasteiger partial charge >= 0.3 is 6.18 Å². The van der Waals surface area contributed by atoms with Gasteiger partial charge in [-0.3, -0.25) is 9.89 Å². The molecule has 0 aliphatic rings. The second-order valence-electron chi connectivity index (χ2n) is 5.81. The quantitative estimate of drug-likeness (QED) is 0.563. The summed E-state index contributed by atoms with van der Waals surface area (Å²) in [5.41, 5.74) is -0.363. The molecule has 0 bridgehead atoms. The molecule has 0 unspecified atom stereocenters. The highest BCUT2D eigenvalue weighted by Crippen LogP contribution is 2.32. The van der Waals surface area contributed by atoms with E-state index in [4.69, 9.17) is 11.6 Å². The third-order valence-electron chi connectivity index (χ3n) is 3.79. The van der Waals surface area contributed by atoms with Crippen LogP contribution in [-0.4, -0.2) is 22.3 Å². The van der Waals surface area contributed by atoms with Gasteiger partial charge in [-0.1, -0.05) is 17.7 Å². The van der Waals surface area contributed by atoms with Crippen LogP contribution >= 0.6 is 11.6 Å². The number of amides is 1. The fraction of sp³-hybridized carbons (Fsp3) is 0.111. The van der Waals surface area contributed by atoms with Crippen LogP contribution in [0.5, 0.6) is 0 Å². The topological polar surface area (TPSA) is 57.8 Å². The first-order valence-corrected chi connectivity index (χ1v) is 8.17. The third kappa shape index (κ3) is 4.48. The number of hydrogen-bond donors (Lipinski definition) is 2. The molecule has 0 aliphatic heterocycles. The van der Waals surface area contributed by atoms with Crippen LogP contribution in [0.2, 0.25) is 5.02 Å². The fourth-order valence-corrected chi connectivity index (χ4v) is 2.67. The smallest absolute Gasteiger partial charge is 0.321 e. The molecule has 0 saturated carbocycles. The molecule has 0 aliphatic carbocycles. The van der Waals surface area contributed by atoms with Gasteiger partial charge < -0.3 is 5.32 Å². The van der Waals surface area contributed by atoms with Crippen molar-refractivity contribution in [1.82, 2.24) is 10.2 Å². The first-order valence-electron chi connectivity index (χ1n) is 7.80. The van der Waals surface area contributed by atoms with Crippen molar-refractivity contribution in [1.29, 1.82) is 0 Å². The van der Waals surface area contributed by atoms with E-state index in [1.54, 1.807) is 0 Å². The van der Waals surface area contributed by atoms with Crippen LogP contribution in [0.1, 0.15) is 16.1 Å². The van der Waals surface area contributed by atoms with E-state index >= 15 is 0 Å². The number of carbonyl (C=O) groups excluding carboxylic acids is 1. The lowest BCUT2D eigenvalue weighted by atomic mass is 10.0. The number of H-pyrrole nitrogens is 1. The lowest BCUT2D eigenvalue weighted by Gasteiger charge is -2.12. The van der Waals surface area contributed by atoms with E-state index in [9.17, 15) is 26.7 Å². The number of aromatic nitrogens is 2. The maximum atomic E-state index is 13.8. The third-order valence-corrected chi connectivity index (χ3v) is 4.10. The van der Waals surface area contributed by atoms with Crippen molar-refractivity contribution in [2.45, 2.75) is 12.6 Å². The average molecular weight is 416 g/mol. The Hall–Kier alpha value is -2.94. The molecule has 1 heterocycles. The van der Waals surface area contributed by atoms with Gasteiger partial charge in [-0.05, 0) is 35.9 Å². The molecule has 1 amide bonds. The zero-order valence-corrected chi connectivity index (χ0v) is 14.6. The van der Waals surface area contributed by atoms with Gasteiger partial charge in [0.25, 0.3) is 5.91 Å². The van der Waals surface area contributed by atoms with Crippen molar-refractivity contribution in [3.05, 3.63) is 70.5 Å². The molecular formula is C18H11ClF5N3O. The predicted octanol–water partition coefficient (Wildman–Crippen LogP) is 5.37. The summed E-state index contributed by atoms with van der Waals surface area (Å²) in [6.07, 6.45) is -4.91. The Morgan fingerprint density at radius 2 is 1.89 bits per heavy atom. The summed E-state index contributed by atoms with van der Waals surface area (Å²) in [6.45, 7) is 0. The van der Waals surface area contributed by atoms with Crippen molar-refractivity contribution in [3.8, 4) is 11.1 Å². The number of rotatable bonds is 4. The number of halogens is 6. The minimum atomic E-state index is -4.55. The molecule has 4 nitrogen and oxygen atoms in total. The number of nitrogens with zero attached hydrogens (tertiary/aromatic N) is 1. The normalized spacial score (nSPS) is 11.5. The molecule has 3 rings (SSSR count). The van der Waals surface area contributed by atoms with Gasteiger partial charge in [-0.15, -0.1) is 0 Å². The Bertz CT molecular complexity index is 1030. The maximum absolute atomic E-state index is 13.8. The van der Waals surface area contributed by atoms with E-state index in [2.05, 4.69) is 15.5 Å². The average Bonchev–Trinajstić information content (AvgIpc) is 3.05. The highest BCUT2D eigenvalue weighted by molar-refractivity contribution is 6.30. The second kappa shape index (κ2) is 7.59. The van der Waals surface area contributed by atoms with Gasteiger partial charge in [-0.25, -0.2) is 8.78 Å². The van der Waals surface area contributed by atoms with Gasteiger partial charge in [0.2, 0.25) is 0 Å². The summed E-state index contributed by atoms with van der Waals surface area (Å²) in [4.78, 5) is 12.4. The van der Waals surface area contributed by atoms with E-state index in [1.807, 2.05) is 0 Å². The molecule has 0 atom stereocenters. The van der Waals surface area contributed by atoms with Crippen LogP contribution in [0.15, 0.2) is 42.6 Å². The van der Waals surface area contributed by atoms with Crippen LogP contribution in [0.4, 0.5) is 27.6 Å². The number of alkyl halides is 3. The van der Waals surface area contributed by atoms with Crippen LogP contribution in [0.25, 0.3) is 11.1 Å². The summed E-state index contributed by atoms with van der Waals surface area (Å²) >= 11 is 5.64. The lowest BCUT2D eigenvalue weighted by Crippen LogP contribution is -2.18. The van der Waals surface area contributed by atoms with E-state index < -0.39 is 35.8 Å². The minimum Gasteiger partial charge on any atom is -0.321 e. The van der Waals surface area contributed by atoms with Gasteiger partial charge in [0, 0.05) is 17.4 Å². The predicted molar refractivity (Wildman–Crippen MR) is 93.1 cm³/mol. The monoisotopic (exact) mass is 415 g/mol. The van der Waals surface area contributed by atoms with Crippen LogP contribution in [0.3, 0.4) is 0 Å². The molecule has 0 radical (unpaired) electrons. The molecule has 3 aromatic rings. The van der Waals surface area contributed by atoms with Gasteiger partial charge in [0.05, 0.1) is 22.7 Å². The number of carbonyl (C=O) groups is 1. The van der Waals surface area contributed by atoms with Crippen LogP contribution in [-0.2, 0) is 6.42 Å². The summed E-state index contributed by atoms with van der Waals surface area (Å²) in [5, 5.41) is 7.94. The highest BCUT2D eigenvalue weighted by Gasteiger charge is 2.31. The fourth-order valence-electron chi connectivity index (χ4n) is 2.56. The molecule has 2 N–H and O–H groups in total. The number of hydrogen-bond acceptors (Lipinski definition) is 2. The molecule has 28 heavy (non-hydrogen) atoms. The van der Waals surface area contributed by atoms with E-state index in [0.29, 0.717) is 0 Å². The zero-order chi connectivity index (χ0) is 20.5. The number of benzene rings is 2. The van der Waals surface area contributed by atoms with Crippen molar-refractivity contribution in [2.75, 3.05) is 5.32 Å². The molecule has 1 aromatic heterocycles. The number of aromatic amines is 1. The Labute approximate surface area is 160 Å². The van der Waals surface area contributed by atoms with E-state index in [-0.39, 0.29) is 27.4 Å². The van der Waals surface area contributed by atoms with E-state index in [1.165, 1.54) is 18.2 Å². The standard InChI is InChI=1S/C18H11ClF5N3O/c19-13-3-1-9(5-14(13)21)11-6-10(20)2-4-15(11)26-17(28)12-8-25-27-16(12)7-18(22,23)24/h1-6,8H,7H2,(H,25,27)(H,26,28).